The maximum absolute atomic E-state index is 15.0. The van der Waals surface area contributed by atoms with E-state index in [4.69, 9.17) is 9.15 Å². The van der Waals surface area contributed by atoms with Crippen molar-refractivity contribution in [3.63, 3.8) is 0 Å². The first kappa shape index (κ1) is 28.5. The van der Waals surface area contributed by atoms with E-state index in [2.05, 4.69) is 25.2 Å². The predicted octanol–water partition coefficient (Wildman–Crippen LogP) is 6.12. The molecule has 4 aromatic rings. The fraction of sp³-hybridized carbons (Fsp3) is 0.379. The molecule has 224 valence electrons. The normalized spacial score (nSPS) is 20.6. The Balaban J connectivity index is 1.54. The monoisotopic (exact) mass is 595 g/mol. The number of nitro groups is 1. The van der Waals surface area contributed by atoms with E-state index in [0.717, 1.165) is 12.8 Å². The van der Waals surface area contributed by atoms with Crippen LogP contribution < -0.4 is 4.90 Å². The van der Waals surface area contributed by atoms with Crippen LogP contribution >= 0.6 is 0 Å². The Morgan fingerprint density at radius 1 is 1.21 bits per heavy atom. The third-order valence-electron chi connectivity index (χ3n) is 7.84. The average Bonchev–Trinajstić information content (AvgIpc) is 3.75. The standard InChI is InChI=1S/C29H28F3N7O4/c1-37-17-20(16-33-37)22-15-23(39(40)41)24-26-35-36-27(43-26)28(29(30,31)32,42-18-19-9-4-2-5-10-19)13-7-3-6-11-21-12-8-14-38(21)25(22)34-24/h2-6,9-10,15-17,21H,7-8,11-14,18H2,1H3. The first-order chi connectivity index (χ1) is 20.7. The molecular weight excluding hydrogens is 567 g/mol. The number of allylic oxidation sites excluding steroid dienone is 1. The lowest BCUT2D eigenvalue weighted by atomic mass is 9.95. The van der Waals surface area contributed by atoms with Gasteiger partial charge in [-0.3, -0.25) is 14.8 Å². The molecule has 4 bridgehead atoms. The summed E-state index contributed by atoms with van der Waals surface area (Å²) in [5.74, 6) is -0.908. The predicted molar refractivity (Wildman–Crippen MR) is 149 cm³/mol. The van der Waals surface area contributed by atoms with Crippen molar-refractivity contribution in [1.29, 1.82) is 0 Å². The zero-order valence-corrected chi connectivity index (χ0v) is 23.2. The van der Waals surface area contributed by atoms with Gasteiger partial charge in [-0.15, -0.1) is 10.2 Å². The SMILES string of the molecule is Cn1cc(-c2cc([N+](=O)[O-])c3nc2N2CCCC2CC=CCCC(OCc2ccccc2)(C(F)(F)F)c2nnc-3o2)cn1. The molecular formula is C29H28F3N7O4. The smallest absolute Gasteiger partial charge is 0.415 e. The van der Waals surface area contributed by atoms with Crippen molar-refractivity contribution >= 4 is 11.5 Å². The van der Waals surface area contributed by atoms with Crippen molar-refractivity contribution in [3.8, 4) is 22.7 Å². The van der Waals surface area contributed by atoms with E-state index in [9.17, 15) is 23.3 Å². The third kappa shape index (κ3) is 5.38. The van der Waals surface area contributed by atoms with Crippen LogP contribution in [-0.4, -0.2) is 48.6 Å². The number of hydrogen-bond acceptors (Lipinski definition) is 9. The number of alkyl halides is 3. The Morgan fingerprint density at radius 2 is 2.02 bits per heavy atom. The van der Waals surface area contributed by atoms with E-state index in [0.29, 0.717) is 35.5 Å². The molecule has 11 nitrogen and oxygen atoms in total. The molecule has 0 aliphatic carbocycles. The summed E-state index contributed by atoms with van der Waals surface area (Å²) in [7, 11) is 1.73. The summed E-state index contributed by atoms with van der Waals surface area (Å²) < 4.78 is 57.8. The van der Waals surface area contributed by atoms with Crippen LogP contribution in [-0.2, 0) is 24.0 Å². The van der Waals surface area contributed by atoms with Gasteiger partial charge in [-0.05, 0) is 37.7 Å². The maximum Gasteiger partial charge on any atom is 0.426 e. The third-order valence-corrected chi connectivity index (χ3v) is 7.84. The minimum absolute atomic E-state index is 0.0172. The molecule has 43 heavy (non-hydrogen) atoms. The van der Waals surface area contributed by atoms with Gasteiger partial charge in [0.25, 0.3) is 11.8 Å². The van der Waals surface area contributed by atoms with Gasteiger partial charge in [0, 0.05) is 43.0 Å². The first-order valence-corrected chi connectivity index (χ1v) is 13.9. The molecule has 6 rings (SSSR count). The van der Waals surface area contributed by atoms with Gasteiger partial charge in [0.2, 0.25) is 11.3 Å². The Kier molecular flexibility index (Phi) is 7.46. The molecule has 5 heterocycles. The number of rotatable bonds is 5. The molecule has 0 radical (unpaired) electrons. The number of nitrogens with zero attached hydrogens (tertiary/aromatic N) is 7. The second-order valence-electron chi connectivity index (χ2n) is 10.6. The number of ether oxygens (including phenoxy) is 1. The largest absolute Gasteiger partial charge is 0.426 e. The Morgan fingerprint density at radius 3 is 2.74 bits per heavy atom. The van der Waals surface area contributed by atoms with Crippen LogP contribution in [0.4, 0.5) is 24.7 Å². The summed E-state index contributed by atoms with van der Waals surface area (Å²) in [6, 6.07) is 9.78. The lowest BCUT2D eigenvalue weighted by molar-refractivity contribution is -0.384. The number of anilines is 1. The molecule has 0 amide bonds. The van der Waals surface area contributed by atoms with Crippen molar-refractivity contribution in [2.75, 3.05) is 11.4 Å². The highest BCUT2D eigenvalue weighted by molar-refractivity contribution is 5.82. The number of fused-ring (bicyclic) bond motifs is 7. The Bertz CT molecular complexity index is 1650. The van der Waals surface area contributed by atoms with Gasteiger partial charge in [-0.25, -0.2) is 4.98 Å². The van der Waals surface area contributed by atoms with Crippen LogP contribution in [0, 0.1) is 10.1 Å². The molecule has 0 N–H and O–H groups in total. The minimum Gasteiger partial charge on any atom is -0.415 e. The van der Waals surface area contributed by atoms with E-state index in [1.807, 2.05) is 6.08 Å². The van der Waals surface area contributed by atoms with E-state index >= 15 is 0 Å². The molecule has 1 saturated heterocycles. The van der Waals surface area contributed by atoms with Crippen LogP contribution in [0.5, 0.6) is 0 Å². The van der Waals surface area contributed by atoms with Gasteiger partial charge >= 0.3 is 11.9 Å². The highest BCUT2D eigenvalue weighted by Crippen LogP contribution is 2.47. The van der Waals surface area contributed by atoms with Crippen LogP contribution in [0.3, 0.4) is 0 Å². The first-order valence-electron chi connectivity index (χ1n) is 13.9. The number of aromatic nitrogens is 5. The topological polar surface area (TPSA) is 125 Å². The van der Waals surface area contributed by atoms with Gasteiger partial charge in [0.05, 0.1) is 17.7 Å². The van der Waals surface area contributed by atoms with Crippen molar-refractivity contribution in [3.05, 3.63) is 82.5 Å². The van der Waals surface area contributed by atoms with E-state index in [-0.39, 0.29) is 24.8 Å². The lowest BCUT2D eigenvalue weighted by Gasteiger charge is -2.32. The van der Waals surface area contributed by atoms with Crippen LogP contribution in [0.15, 0.2) is 65.4 Å². The Hall–Kier alpha value is -4.59. The average molecular weight is 596 g/mol. The molecule has 1 aromatic carbocycles. The van der Waals surface area contributed by atoms with Gasteiger partial charge in [0.15, 0.2) is 0 Å². The molecule has 3 aromatic heterocycles. The second-order valence-corrected chi connectivity index (χ2v) is 10.6. The van der Waals surface area contributed by atoms with Crippen molar-refractivity contribution in [2.24, 2.45) is 7.05 Å². The van der Waals surface area contributed by atoms with E-state index < -0.39 is 40.6 Å². The fourth-order valence-corrected chi connectivity index (χ4v) is 5.65. The molecule has 14 heteroatoms. The van der Waals surface area contributed by atoms with Crippen molar-refractivity contribution in [1.82, 2.24) is 25.0 Å². The zero-order valence-electron chi connectivity index (χ0n) is 23.2. The molecule has 0 saturated carbocycles. The summed E-state index contributed by atoms with van der Waals surface area (Å²) in [6.07, 6.45) is 3.65. The van der Waals surface area contributed by atoms with Crippen LogP contribution in [0.1, 0.15) is 43.6 Å². The molecule has 2 aliphatic rings. The van der Waals surface area contributed by atoms with Crippen LogP contribution in [0.25, 0.3) is 22.7 Å². The van der Waals surface area contributed by atoms with Crippen molar-refractivity contribution < 1.29 is 27.2 Å². The summed E-state index contributed by atoms with van der Waals surface area (Å²) in [5, 5.41) is 24.1. The zero-order chi connectivity index (χ0) is 30.2. The highest BCUT2D eigenvalue weighted by Gasteiger charge is 2.61. The maximum atomic E-state index is 15.0. The molecule has 0 spiro atoms. The quantitative estimate of drug-likeness (QED) is 0.152. The van der Waals surface area contributed by atoms with Gasteiger partial charge in [0.1, 0.15) is 5.82 Å². The number of benzene rings is 1. The number of hydrogen-bond donors (Lipinski definition) is 0. The lowest BCUT2D eigenvalue weighted by Crippen LogP contribution is -2.45. The number of aryl methyl sites for hydroxylation is 1. The molecule has 2 atom stereocenters. The molecule has 2 aliphatic heterocycles. The second kappa shape index (κ2) is 11.2. The highest BCUT2D eigenvalue weighted by atomic mass is 19.4. The molecule has 2 unspecified atom stereocenters. The van der Waals surface area contributed by atoms with Crippen molar-refractivity contribution in [2.45, 2.75) is 56.5 Å². The van der Waals surface area contributed by atoms with E-state index in [1.165, 1.54) is 6.07 Å². The van der Waals surface area contributed by atoms with Crippen LogP contribution in [0.2, 0.25) is 0 Å². The fourth-order valence-electron chi connectivity index (χ4n) is 5.65. The Labute approximate surface area is 244 Å². The number of pyridine rings is 1. The summed E-state index contributed by atoms with van der Waals surface area (Å²) in [4.78, 5) is 18.4. The number of halogens is 3. The minimum atomic E-state index is -4.95. The van der Waals surface area contributed by atoms with Gasteiger partial charge in [-0.1, -0.05) is 42.5 Å². The summed E-state index contributed by atoms with van der Waals surface area (Å²) in [6.45, 7) is 0.275. The van der Waals surface area contributed by atoms with Gasteiger partial charge < -0.3 is 14.1 Å². The summed E-state index contributed by atoms with van der Waals surface area (Å²) >= 11 is 0. The van der Waals surface area contributed by atoms with E-state index in [1.54, 1.807) is 60.5 Å². The molecule has 1 fully saturated rings. The van der Waals surface area contributed by atoms with Gasteiger partial charge in [-0.2, -0.15) is 18.3 Å². The summed E-state index contributed by atoms with van der Waals surface area (Å²) in [5.41, 5.74) is -2.15.